The van der Waals surface area contributed by atoms with E-state index in [1.807, 2.05) is 6.92 Å². The number of nitrogens with zero attached hydrogens (tertiary/aromatic N) is 3. The van der Waals surface area contributed by atoms with Crippen LogP contribution in [0.5, 0.6) is 0 Å². The molecule has 2 heterocycles. The Morgan fingerprint density at radius 1 is 1.26 bits per heavy atom. The minimum atomic E-state index is -0.802. The molecule has 2 atom stereocenters. The summed E-state index contributed by atoms with van der Waals surface area (Å²) in [5.41, 5.74) is 2.14. The Labute approximate surface area is 139 Å². The molecule has 2 unspecified atom stereocenters. The van der Waals surface area contributed by atoms with Crippen LogP contribution in [0.25, 0.3) is 0 Å². The minimum absolute atomic E-state index is 0.0300. The molecule has 5 nitrogen and oxygen atoms in total. The van der Waals surface area contributed by atoms with Gasteiger partial charge in [0.15, 0.2) is 0 Å². The molecule has 0 bridgehead atoms. The van der Waals surface area contributed by atoms with Gasteiger partial charge in [0.1, 0.15) is 0 Å². The van der Waals surface area contributed by atoms with E-state index in [0.717, 1.165) is 18.5 Å². The molecule has 130 valence electrons. The second-order valence-electron chi connectivity index (χ2n) is 8.87. The highest BCUT2D eigenvalue weighted by Gasteiger charge is 2.40. The number of likely N-dealkylation sites (tertiary alicyclic amines) is 1. The van der Waals surface area contributed by atoms with Crippen molar-refractivity contribution in [1.29, 1.82) is 0 Å². The van der Waals surface area contributed by atoms with Crippen LogP contribution in [0.3, 0.4) is 0 Å². The molecule has 1 aliphatic heterocycles. The maximum Gasteiger partial charge on any atom is 0.407 e. The first-order chi connectivity index (χ1) is 10.4. The van der Waals surface area contributed by atoms with Crippen LogP contribution in [-0.2, 0) is 5.54 Å². The fourth-order valence-electron chi connectivity index (χ4n) is 3.63. The average Bonchev–Trinajstić information content (AvgIpc) is 2.79. The first-order valence-electron chi connectivity index (χ1n) is 8.48. The van der Waals surface area contributed by atoms with Crippen LogP contribution in [0.1, 0.15) is 71.7 Å². The van der Waals surface area contributed by atoms with Gasteiger partial charge in [-0.1, -0.05) is 20.8 Å². The van der Waals surface area contributed by atoms with Gasteiger partial charge in [-0.05, 0) is 52.0 Å². The SMILES string of the molecule is Cc1cc(C2CCN(C(=O)O)C(C(C)(C)C)C2)n(C(C)(C)C)n1. The Bertz CT molecular complexity index is 578. The fourth-order valence-corrected chi connectivity index (χ4v) is 3.63. The lowest BCUT2D eigenvalue weighted by Crippen LogP contribution is -2.51. The van der Waals surface area contributed by atoms with Crippen LogP contribution < -0.4 is 0 Å². The van der Waals surface area contributed by atoms with Gasteiger partial charge in [-0.25, -0.2) is 4.79 Å². The number of aryl methyl sites for hydroxylation is 1. The molecular weight excluding hydrogens is 290 g/mol. The molecule has 1 fully saturated rings. The zero-order chi connectivity index (χ0) is 17.6. The molecule has 2 rings (SSSR count). The predicted molar refractivity (Wildman–Crippen MR) is 91.9 cm³/mol. The number of amides is 1. The molecule has 1 aromatic rings. The van der Waals surface area contributed by atoms with Crippen molar-refractivity contribution >= 4 is 6.09 Å². The van der Waals surface area contributed by atoms with Crippen molar-refractivity contribution in [2.24, 2.45) is 5.41 Å². The van der Waals surface area contributed by atoms with Gasteiger partial charge in [-0.2, -0.15) is 5.10 Å². The van der Waals surface area contributed by atoms with Crippen molar-refractivity contribution in [3.05, 3.63) is 17.5 Å². The van der Waals surface area contributed by atoms with Gasteiger partial charge in [0.05, 0.1) is 11.2 Å². The number of carbonyl (C=O) groups is 1. The van der Waals surface area contributed by atoms with E-state index in [-0.39, 0.29) is 17.0 Å². The molecule has 1 aromatic heterocycles. The van der Waals surface area contributed by atoms with E-state index >= 15 is 0 Å². The Balaban J connectivity index is 2.35. The fraction of sp³-hybridized carbons (Fsp3) is 0.778. The molecule has 0 spiro atoms. The standard InChI is InChI=1S/C18H31N3O2/c1-12-10-14(21(19-12)18(5,6)7)13-8-9-20(16(22)23)15(11-13)17(2,3)4/h10,13,15H,8-9,11H2,1-7H3,(H,22,23). The third-order valence-electron chi connectivity index (χ3n) is 4.76. The summed E-state index contributed by atoms with van der Waals surface area (Å²) in [6.45, 7) is 15.5. The number of aromatic nitrogens is 2. The molecule has 1 saturated heterocycles. The summed E-state index contributed by atoms with van der Waals surface area (Å²) in [6, 6.07) is 2.20. The van der Waals surface area contributed by atoms with Gasteiger partial charge >= 0.3 is 6.09 Å². The minimum Gasteiger partial charge on any atom is -0.465 e. The van der Waals surface area contributed by atoms with E-state index in [9.17, 15) is 9.90 Å². The molecule has 0 radical (unpaired) electrons. The Morgan fingerprint density at radius 3 is 2.35 bits per heavy atom. The van der Waals surface area contributed by atoms with E-state index in [1.54, 1.807) is 4.90 Å². The quantitative estimate of drug-likeness (QED) is 0.842. The van der Waals surface area contributed by atoms with Crippen LogP contribution in [0.2, 0.25) is 0 Å². The van der Waals surface area contributed by atoms with Crippen molar-refractivity contribution in [1.82, 2.24) is 14.7 Å². The highest BCUT2D eigenvalue weighted by molar-refractivity contribution is 5.65. The number of hydrogen-bond acceptors (Lipinski definition) is 2. The lowest BCUT2D eigenvalue weighted by atomic mass is 9.76. The maximum atomic E-state index is 11.6. The molecule has 1 N–H and O–H groups in total. The van der Waals surface area contributed by atoms with Gasteiger partial charge in [-0.3, -0.25) is 4.68 Å². The molecule has 1 aliphatic rings. The van der Waals surface area contributed by atoms with Crippen molar-refractivity contribution in [3.63, 3.8) is 0 Å². The summed E-state index contributed by atoms with van der Waals surface area (Å²) >= 11 is 0. The lowest BCUT2D eigenvalue weighted by Gasteiger charge is -2.45. The van der Waals surface area contributed by atoms with Crippen LogP contribution in [0.15, 0.2) is 6.07 Å². The van der Waals surface area contributed by atoms with Gasteiger partial charge in [0.2, 0.25) is 0 Å². The first kappa shape index (κ1) is 17.8. The van der Waals surface area contributed by atoms with Crippen LogP contribution >= 0.6 is 0 Å². The normalized spacial score (nSPS) is 23.2. The summed E-state index contributed by atoms with van der Waals surface area (Å²) in [7, 11) is 0. The molecule has 1 amide bonds. The number of rotatable bonds is 1. The third kappa shape index (κ3) is 3.70. The zero-order valence-corrected chi connectivity index (χ0v) is 15.6. The summed E-state index contributed by atoms with van der Waals surface area (Å²) in [4.78, 5) is 13.2. The summed E-state index contributed by atoms with van der Waals surface area (Å²) < 4.78 is 2.13. The largest absolute Gasteiger partial charge is 0.465 e. The molecule has 5 heteroatoms. The molecular formula is C18H31N3O2. The predicted octanol–water partition coefficient (Wildman–Crippen LogP) is 4.22. The monoisotopic (exact) mass is 321 g/mol. The molecule has 0 saturated carbocycles. The summed E-state index contributed by atoms with van der Waals surface area (Å²) in [5, 5.41) is 14.2. The second kappa shape index (κ2) is 5.84. The maximum absolute atomic E-state index is 11.6. The van der Waals surface area contributed by atoms with Crippen LogP contribution in [0.4, 0.5) is 4.79 Å². The summed E-state index contributed by atoms with van der Waals surface area (Å²) in [5.74, 6) is 0.357. The van der Waals surface area contributed by atoms with E-state index in [4.69, 9.17) is 0 Å². The Hall–Kier alpha value is -1.52. The van der Waals surface area contributed by atoms with Crippen molar-refractivity contribution in [2.45, 2.75) is 78.8 Å². The van der Waals surface area contributed by atoms with Crippen molar-refractivity contribution in [2.75, 3.05) is 6.54 Å². The van der Waals surface area contributed by atoms with E-state index in [2.05, 4.69) is 57.4 Å². The number of piperidine rings is 1. The number of hydrogen-bond donors (Lipinski definition) is 1. The van der Waals surface area contributed by atoms with E-state index < -0.39 is 6.09 Å². The first-order valence-corrected chi connectivity index (χ1v) is 8.48. The third-order valence-corrected chi connectivity index (χ3v) is 4.76. The van der Waals surface area contributed by atoms with Gasteiger partial charge in [0, 0.05) is 24.2 Å². The van der Waals surface area contributed by atoms with Crippen molar-refractivity contribution < 1.29 is 9.90 Å². The van der Waals surface area contributed by atoms with E-state index in [1.165, 1.54) is 5.69 Å². The zero-order valence-electron chi connectivity index (χ0n) is 15.6. The van der Waals surface area contributed by atoms with Crippen LogP contribution in [0, 0.1) is 12.3 Å². The Morgan fingerprint density at radius 2 is 1.87 bits per heavy atom. The number of carboxylic acid groups (broad SMARTS) is 1. The smallest absolute Gasteiger partial charge is 0.407 e. The van der Waals surface area contributed by atoms with Gasteiger partial charge < -0.3 is 10.0 Å². The topological polar surface area (TPSA) is 58.4 Å². The van der Waals surface area contributed by atoms with Crippen molar-refractivity contribution in [3.8, 4) is 0 Å². The highest BCUT2D eigenvalue weighted by atomic mass is 16.4. The summed E-state index contributed by atoms with van der Waals surface area (Å²) in [6.07, 6.45) is 0.917. The molecule has 0 aromatic carbocycles. The average molecular weight is 321 g/mol. The Kier molecular flexibility index (Phi) is 4.53. The highest BCUT2D eigenvalue weighted by Crippen LogP contribution is 2.40. The lowest BCUT2D eigenvalue weighted by molar-refractivity contribution is 0.0509. The van der Waals surface area contributed by atoms with Gasteiger partial charge in [-0.15, -0.1) is 0 Å². The van der Waals surface area contributed by atoms with E-state index in [0.29, 0.717) is 12.5 Å². The molecule has 23 heavy (non-hydrogen) atoms. The second-order valence-corrected chi connectivity index (χ2v) is 8.87. The van der Waals surface area contributed by atoms with Crippen LogP contribution in [-0.4, -0.2) is 38.5 Å². The van der Waals surface area contributed by atoms with Gasteiger partial charge in [0.25, 0.3) is 0 Å². The molecule has 0 aliphatic carbocycles.